The molecule has 3 aromatic carbocycles. The van der Waals surface area contributed by atoms with E-state index >= 15 is 0 Å². The summed E-state index contributed by atoms with van der Waals surface area (Å²) in [5.41, 5.74) is 12.0. The molecule has 0 amide bonds. The maximum atomic E-state index is 12.5. The normalized spacial score (nSPS) is 11.5. The van der Waals surface area contributed by atoms with Gasteiger partial charge in [0.2, 0.25) is 0 Å². The topological polar surface area (TPSA) is 110 Å². The molecule has 9 nitrogen and oxygen atoms in total. The van der Waals surface area contributed by atoms with Crippen LogP contribution in [0.4, 0.5) is 0 Å². The molecule has 0 unspecified atom stereocenters. The van der Waals surface area contributed by atoms with Gasteiger partial charge < -0.3 is 19.9 Å². The SMILES string of the molecule is CCCc1nc2cccc(C(=O)OC)c2n1Cc1ccc(-c2ccccc2/C(N)=N/OC(=S)n2ccnc2)cc1. The summed E-state index contributed by atoms with van der Waals surface area (Å²) in [5.74, 6) is 0.753. The van der Waals surface area contributed by atoms with Crippen LogP contribution in [0.25, 0.3) is 22.2 Å². The van der Waals surface area contributed by atoms with Gasteiger partial charge in [0.05, 0.1) is 23.7 Å². The van der Waals surface area contributed by atoms with Gasteiger partial charge in [0.1, 0.15) is 12.2 Å². The molecule has 2 N–H and O–H groups in total. The third kappa shape index (κ3) is 5.48. The average molecular weight is 553 g/mol. The van der Waals surface area contributed by atoms with Crippen molar-refractivity contribution >= 4 is 40.2 Å². The van der Waals surface area contributed by atoms with Crippen molar-refractivity contribution in [2.24, 2.45) is 10.9 Å². The van der Waals surface area contributed by atoms with Crippen molar-refractivity contribution in [2.75, 3.05) is 7.11 Å². The van der Waals surface area contributed by atoms with E-state index in [-0.39, 0.29) is 17.0 Å². The molecular formula is C30H28N6O3S. The van der Waals surface area contributed by atoms with Crippen LogP contribution in [0, 0.1) is 0 Å². The minimum absolute atomic E-state index is 0.118. The number of rotatable bonds is 8. The Bertz CT molecular complexity index is 1690. The van der Waals surface area contributed by atoms with Crippen molar-refractivity contribution in [1.29, 1.82) is 0 Å². The van der Waals surface area contributed by atoms with E-state index in [0.29, 0.717) is 12.1 Å². The van der Waals surface area contributed by atoms with Gasteiger partial charge >= 0.3 is 11.1 Å². The Morgan fingerprint density at radius 3 is 2.55 bits per heavy atom. The molecule has 2 heterocycles. The van der Waals surface area contributed by atoms with Crippen LogP contribution in [0.2, 0.25) is 0 Å². The highest BCUT2D eigenvalue weighted by molar-refractivity contribution is 7.80. The van der Waals surface area contributed by atoms with Gasteiger partial charge in [-0.3, -0.25) is 4.57 Å². The Balaban J connectivity index is 1.43. The Morgan fingerprint density at radius 1 is 1.05 bits per heavy atom. The number of methoxy groups -OCH3 is 1. The summed E-state index contributed by atoms with van der Waals surface area (Å²) in [5, 5.41) is 4.16. The monoisotopic (exact) mass is 552 g/mol. The Hall–Kier alpha value is -4.83. The lowest BCUT2D eigenvalue weighted by molar-refractivity contribution is 0.0602. The quantitative estimate of drug-likeness (QED) is 0.0931. The first-order chi connectivity index (χ1) is 19.5. The number of ether oxygens (including phenoxy) is 1. The Morgan fingerprint density at radius 2 is 1.82 bits per heavy atom. The summed E-state index contributed by atoms with van der Waals surface area (Å²) in [6, 6.07) is 21.4. The van der Waals surface area contributed by atoms with E-state index in [2.05, 4.69) is 33.8 Å². The van der Waals surface area contributed by atoms with E-state index in [4.69, 9.17) is 32.5 Å². The van der Waals surface area contributed by atoms with Crippen LogP contribution in [0.5, 0.6) is 0 Å². The second-order valence-corrected chi connectivity index (χ2v) is 9.42. The first-order valence-electron chi connectivity index (χ1n) is 12.8. The average Bonchev–Trinajstić information content (AvgIpc) is 3.65. The van der Waals surface area contributed by atoms with Crippen molar-refractivity contribution in [3.63, 3.8) is 0 Å². The maximum absolute atomic E-state index is 12.5. The molecule has 10 heteroatoms. The van der Waals surface area contributed by atoms with E-state index in [9.17, 15) is 4.79 Å². The summed E-state index contributed by atoms with van der Waals surface area (Å²) in [4.78, 5) is 26.6. The minimum Gasteiger partial charge on any atom is -0.465 e. The number of amidine groups is 1. The number of hydrogen-bond donors (Lipinski definition) is 1. The van der Waals surface area contributed by atoms with Crippen LogP contribution >= 0.6 is 12.2 Å². The first-order valence-corrected chi connectivity index (χ1v) is 13.2. The molecule has 0 aliphatic heterocycles. The molecule has 202 valence electrons. The van der Waals surface area contributed by atoms with Crippen LogP contribution in [0.3, 0.4) is 0 Å². The summed E-state index contributed by atoms with van der Waals surface area (Å²) in [6.45, 7) is 2.67. The zero-order valence-corrected chi connectivity index (χ0v) is 23.0. The molecule has 0 aliphatic carbocycles. The van der Waals surface area contributed by atoms with Crippen molar-refractivity contribution in [3.05, 3.63) is 108 Å². The maximum Gasteiger partial charge on any atom is 0.340 e. The van der Waals surface area contributed by atoms with Gasteiger partial charge in [-0.15, -0.1) is 0 Å². The van der Waals surface area contributed by atoms with Crippen LogP contribution in [-0.4, -0.2) is 43.2 Å². The van der Waals surface area contributed by atoms with E-state index in [1.807, 2.05) is 48.5 Å². The predicted octanol–water partition coefficient (Wildman–Crippen LogP) is 5.16. The van der Waals surface area contributed by atoms with Crippen LogP contribution < -0.4 is 5.73 Å². The number of fused-ring (bicyclic) bond motifs is 1. The molecule has 0 atom stereocenters. The number of esters is 1. The Labute approximate surface area is 236 Å². The van der Waals surface area contributed by atoms with Gasteiger partial charge in [0.15, 0.2) is 5.84 Å². The van der Waals surface area contributed by atoms with Gasteiger partial charge in [0, 0.05) is 30.9 Å². The highest BCUT2D eigenvalue weighted by atomic mass is 32.1. The number of oxime groups is 1. The number of carbonyl (C=O) groups excluding carboxylic acids is 1. The zero-order chi connectivity index (χ0) is 28.1. The lowest BCUT2D eigenvalue weighted by Gasteiger charge is -2.13. The number of para-hydroxylation sites is 1. The highest BCUT2D eigenvalue weighted by Crippen LogP contribution is 2.27. The molecule has 0 fully saturated rings. The fraction of sp³-hybridized carbons (Fsp3) is 0.167. The third-order valence-electron chi connectivity index (χ3n) is 6.47. The molecule has 0 aliphatic rings. The van der Waals surface area contributed by atoms with Crippen LogP contribution in [0.15, 0.2) is 90.6 Å². The van der Waals surface area contributed by atoms with Crippen LogP contribution in [-0.2, 0) is 22.5 Å². The molecule has 0 radical (unpaired) electrons. The number of benzene rings is 3. The Kier molecular flexibility index (Phi) is 7.97. The molecule has 0 bridgehead atoms. The second kappa shape index (κ2) is 11.9. The van der Waals surface area contributed by atoms with Gasteiger partial charge in [-0.1, -0.05) is 66.7 Å². The van der Waals surface area contributed by atoms with Crippen molar-refractivity contribution in [3.8, 4) is 11.1 Å². The largest absolute Gasteiger partial charge is 0.465 e. The molecular weight excluding hydrogens is 524 g/mol. The van der Waals surface area contributed by atoms with E-state index < -0.39 is 0 Å². The summed E-state index contributed by atoms with van der Waals surface area (Å²) >= 11 is 5.22. The molecule has 2 aromatic heterocycles. The third-order valence-corrected chi connectivity index (χ3v) is 6.76. The van der Waals surface area contributed by atoms with Gasteiger partial charge in [-0.05, 0) is 47.5 Å². The van der Waals surface area contributed by atoms with Gasteiger partial charge in [-0.25, -0.2) is 14.8 Å². The van der Waals surface area contributed by atoms with Crippen molar-refractivity contribution < 1.29 is 14.4 Å². The number of imidazole rings is 2. The van der Waals surface area contributed by atoms with E-state index in [1.165, 1.54) is 18.0 Å². The predicted molar refractivity (Wildman–Crippen MR) is 158 cm³/mol. The zero-order valence-electron chi connectivity index (χ0n) is 22.2. The molecule has 0 saturated heterocycles. The molecule has 5 aromatic rings. The summed E-state index contributed by atoms with van der Waals surface area (Å²) < 4.78 is 8.68. The van der Waals surface area contributed by atoms with Gasteiger partial charge in [-0.2, -0.15) is 0 Å². The highest BCUT2D eigenvalue weighted by Gasteiger charge is 2.19. The molecule has 0 spiro atoms. The van der Waals surface area contributed by atoms with Gasteiger partial charge in [0.25, 0.3) is 0 Å². The van der Waals surface area contributed by atoms with E-state index in [0.717, 1.165) is 52.0 Å². The smallest absolute Gasteiger partial charge is 0.340 e. The van der Waals surface area contributed by atoms with E-state index in [1.54, 1.807) is 18.5 Å². The lowest BCUT2D eigenvalue weighted by Crippen LogP contribution is -2.17. The second-order valence-electron chi connectivity index (χ2n) is 9.08. The standard InChI is InChI=1S/C30H28N6O3S/c1-3-7-26-33-25-11-6-10-24(29(37)38-2)27(25)36(26)18-20-12-14-21(15-13-20)22-8-4-5-9-23(22)28(31)34-39-30(40)35-17-16-32-19-35/h4-6,8-17,19H,3,7,18H2,1-2H3,(H2,31,34). The molecule has 40 heavy (non-hydrogen) atoms. The number of hydrogen-bond acceptors (Lipinski definition) is 7. The summed E-state index contributed by atoms with van der Waals surface area (Å²) in [6.07, 6.45) is 6.52. The number of aryl methyl sites for hydroxylation is 1. The number of nitrogens with zero attached hydrogens (tertiary/aromatic N) is 5. The summed E-state index contributed by atoms with van der Waals surface area (Å²) in [7, 11) is 1.39. The first kappa shape index (κ1) is 26.8. The van der Waals surface area contributed by atoms with Crippen LogP contribution in [0.1, 0.15) is 40.7 Å². The fourth-order valence-corrected chi connectivity index (χ4v) is 4.72. The fourth-order valence-electron chi connectivity index (χ4n) is 4.58. The number of thiocarbonyl (C=S) groups is 1. The van der Waals surface area contributed by atoms with Crippen molar-refractivity contribution in [2.45, 2.75) is 26.3 Å². The number of carbonyl (C=O) groups is 1. The molecule has 0 saturated carbocycles. The number of aromatic nitrogens is 4. The minimum atomic E-state index is -0.379. The van der Waals surface area contributed by atoms with Crippen molar-refractivity contribution in [1.82, 2.24) is 19.1 Å². The number of nitrogens with two attached hydrogens (primary N) is 1. The lowest BCUT2D eigenvalue weighted by atomic mass is 9.98. The molecule has 5 rings (SSSR count).